The molecule has 6 heteroatoms. The Labute approximate surface area is 149 Å². The molecule has 1 aromatic heterocycles. The van der Waals surface area contributed by atoms with Gasteiger partial charge in [-0.1, -0.05) is 30.3 Å². The highest BCUT2D eigenvalue weighted by atomic mass is 16.5. The Morgan fingerprint density at radius 2 is 2.12 bits per heavy atom. The third-order valence-corrected chi connectivity index (χ3v) is 4.53. The van der Waals surface area contributed by atoms with E-state index in [2.05, 4.69) is 26.9 Å². The van der Waals surface area contributed by atoms with E-state index in [9.17, 15) is 5.11 Å². The van der Waals surface area contributed by atoms with Crippen LogP contribution in [0, 0.1) is 0 Å². The molecule has 25 heavy (non-hydrogen) atoms. The summed E-state index contributed by atoms with van der Waals surface area (Å²) in [7, 11) is 0. The van der Waals surface area contributed by atoms with E-state index < -0.39 is 6.10 Å². The minimum absolute atomic E-state index is 0.0960. The van der Waals surface area contributed by atoms with Crippen molar-refractivity contribution in [3.8, 4) is 0 Å². The molecule has 1 aliphatic heterocycles. The fourth-order valence-electron chi connectivity index (χ4n) is 3.17. The molecule has 0 bridgehead atoms. The molecule has 1 aromatic carbocycles. The maximum atomic E-state index is 10.5. The first-order chi connectivity index (χ1) is 12.3. The summed E-state index contributed by atoms with van der Waals surface area (Å²) in [5.41, 5.74) is 0.959. The monoisotopic (exact) mass is 342 g/mol. The summed E-state index contributed by atoms with van der Waals surface area (Å²) in [5, 5.41) is 18.6. The number of anilines is 1. The van der Waals surface area contributed by atoms with Crippen LogP contribution in [0.5, 0.6) is 0 Å². The Kier molecular flexibility index (Phi) is 6.33. The van der Waals surface area contributed by atoms with Crippen LogP contribution in [0.2, 0.25) is 0 Å². The molecule has 2 aromatic rings. The molecule has 1 N–H and O–H groups in total. The molecule has 134 valence electrons. The van der Waals surface area contributed by atoms with Gasteiger partial charge in [0.1, 0.15) is 0 Å². The van der Waals surface area contributed by atoms with Crippen LogP contribution in [0.25, 0.3) is 0 Å². The van der Waals surface area contributed by atoms with Gasteiger partial charge in [0.15, 0.2) is 5.82 Å². The molecule has 3 rings (SSSR count). The summed E-state index contributed by atoms with van der Waals surface area (Å²) in [5.74, 6) is 0.870. The normalized spacial score (nSPS) is 19.5. The van der Waals surface area contributed by atoms with Crippen molar-refractivity contribution >= 4 is 5.82 Å². The number of rotatable bonds is 7. The number of aromatic nitrogens is 2. The van der Waals surface area contributed by atoms with Crippen molar-refractivity contribution in [3.05, 3.63) is 54.2 Å². The summed E-state index contributed by atoms with van der Waals surface area (Å²) >= 11 is 0. The minimum Gasteiger partial charge on any atom is -0.387 e. The number of morpholine rings is 1. The van der Waals surface area contributed by atoms with E-state index in [1.165, 1.54) is 0 Å². The Morgan fingerprint density at radius 1 is 1.28 bits per heavy atom. The summed E-state index contributed by atoms with van der Waals surface area (Å²) in [6.07, 6.45) is 1.31. The number of aliphatic hydroxyl groups excluding tert-OH is 1. The zero-order valence-corrected chi connectivity index (χ0v) is 14.7. The molecule has 0 radical (unpaired) electrons. The molecular weight excluding hydrogens is 316 g/mol. The molecule has 1 aliphatic rings. The number of hydrogen-bond acceptors (Lipinski definition) is 6. The smallest absolute Gasteiger partial charge is 0.151 e. The Morgan fingerprint density at radius 3 is 2.84 bits per heavy atom. The highest BCUT2D eigenvalue weighted by Gasteiger charge is 2.24. The van der Waals surface area contributed by atoms with Crippen LogP contribution in [0.4, 0.5) is 5.82 Å². The van der Waals surface area contributed by atoms with Crippen molar-refractivity contribution in [2.75, 3.05) is 44.2 Å². The van der Waals surface area contributed by atoms with E-state index in [0.717, 1.165) is 37.6 Å². The number of β-amino-alcohol motifs (C(OH)–C–C–N with tert-alkyl or cyclic N) is 1. The largest absolute Gasteiger partial charge is 0.387 e. The van der Waals surface area contributed by atoms with E-state index in [-0.39, 0.29) is 6.10 Å². The van der Waals surface area contributed by atoms with Gasteiger partial charge in [0.25, 0.3) is 0 Å². The summed E-state index contributed by atoms with van der Waals surface area (Å²) in [6, 6.07) is 13.7. The van der Waals surface area contributed by atoms with E-state index in [4.69, 9.17) is 4.74 Å². The van der Waals surface area contributed by atoms with E-state index in [1.807, 2.05) is 42.5 Å². The second-order valence-corrected chi connectivity index (χ2v) is 6.30. The van der Waals surface area contributed by atoms with Gasteiger partial charge in [0, 0.05) is 38.9 Å². The van der Waals surface area contributed by atoms with Crippen molar-refractivity contribution < 1.29 is 9.84 Å². The molecule has 2 heterocycles. The van der Waals surface area contributed by atoms with Crippen LogP contribution < -0.4 is 4.90 Å². The number of aliphatic hydroxyl groups is 1. The highest BCUT2D eigenvalue weighted by Crippen LogP contribution is 2.17. The predicted molar refractivity (Wildman–Crippen MR) is 97.5 cm³/mol. The van der Waals surface area contributed by atoms with Gasteiger partial charge in [-0.15, -0.1) is 5.10 Å². The zero-order chi connectivity index (χ0) is 17.5. The Bertz CT molecular complexity index is 626. The van der Waals surface area contributed by atoms with Crippen LogP contribution in [-0.4, -0.2) is 65.6 Å². The highest BCUT2D eigenvalue weighted by molar-refractivity contribution is 5.36. The summed E-state index contributed by atoms with van der Waals surface area (Å²) in [6.45, 7) is 6.69. The van der Waals surface area contributed by atoms with E-state index in [0.29, 0.717) is 13.2 Å². The molecule has 0 amide bonds. The van der Waals surface area contributed by atoms with Crippen LogP contribution in [0.1, 0.15) is 18.6 Å². The fraction of sp³-hybridized carbons (Fsp3) is 0.474. The van der Waals surface area contributed by atoms with Gasteiger partial charge in [-0.25, -0.2) is 0 Å². The second-order valence-electron chi connectivity index (χ2n) is 6.30. The number of nitrogens with zero attached hydrogens (tertiary/aromatic N) is 4. The van der Waals surface area contributed by atoms with Crippen LogP contribution in [0.15, 0.2) is 48.7 Å². The Balaban J connectivity index is 1.55. The molecule has 2 atom stereocenters. The third kappa shape index (κ3) is 4.98. The van der Waals surface area contributed by atoms with Crippen LogP contribution in [-0.2, 0) is 4.74 Å². The number of ether oxygens (including phenoxy) is 1. The van der Waals surface area contributed by atoms with Crippen LogP contribution in [0.3, 0.4) is 0 Å². The van der Waals surface area contributed by atoms with Gasteiger partial charge < -0.3 is 14.7 Å². The topological polar surface area (TPSA) is 61.7 Å². The molecule has 1 saturated heterocycles. The van der Waals surface area contributed by atoms with Gasteiger partial charge >= 0.3 is 0 Å². The van der Waals surface area contributed by atoms with Crippen molar-refractivity contribution in [2.45, 2.75) is 19.1 Å². The standard InChI is InChI=1S/C19H26N4O2/c1-2-23(19-9-6-10-20-21-19)14-17-13-22(11-12-25-17)15-18(24)16-7-4-3-5-8-16/h3-10,17-18,24H,2,11-15H2,1H3/t17-,18-/m1/s1. The van der Waals surface area contributed by atoms with Crippen molar-refractivity contribution in [2.24, 2.45) is 0 Å². The SMILES string of the molecule is CCN(C[C@H]1CN(C[C@@H](O)c2ccccc2)CCO1)c1cccnn1. The predicted octanol–water partition coefficient (Wildman–Crippen LogP) is 1.74. The maximum Gasteiger partial charge on any atom is 0.151 e. The van der Waals surface area contributed by atoms with Gasteiger partial charge in [-0.05, 0) is 24.6 Å². The lowest BCUT2D eigenvalue weighted by atomic mass is 10.1. The minimum atomic E-state index is -0.470. The molecule has 1 fully saturated rings. The third-order valence-electron chi connectivity index (χ3n) is 4.53. The van der Waals surface area contributed by atoms with Gasteiger partial charge in [0.2, 0.25) is 0 Å². The number of hydrogen-bond donors (Lipinski definition) is 1. The van der Waals surface area contributed by atoms with Gasteiger partial charge in [-0.3, -0.25) is 4.90 Å². The van der Waals surface area contributed by atoms with Crippen molar-refractivity contribution in [1.82, 2.24) is 15.1 Å². The first-order valence-electron chi connectivity index (χ1n) is 8.86. The first kappa shape index (κ1) is 17.8. The zero-order valence-electron chi connectivity index (χ0n) is 14.7. The molecule has 0 aliphatic carbocycles. The van der Waals surface area contributed by atoms with E-state index in [1.54, 1.807) is 6.20 Å². The first-order valence-corrected chi connectivity index (χ1v) is 8.86. The van der Waals surface area contributed by atoms with Gasteiger partial charge in [0.05, 0.1) is 18.8 Å². The number of benzene rings is 1. The van der Waals surface area contributed by atoms with Crippen molar-refractivity contribution in [1.29, 1.82) is 0 Å². The second kappa shape index (κ2) is 8.89. The van der Waals surface area contributed by atoms with Crippen LogP contribution >= 0.6 is 0 Å². The average molecular weight is 342 g/mol. The lowest BCUT2D eigenvalue weighted by Crippen LogP contribution is -2.48. The fourth-order valence-corrected chi connectivity index (χ4v) is 3.17. The lowest BCUT2D eigenvalue weighted by molar-refractivity contribution is -0.0368. The molecular formula is C19H26N4O2. The summed E-state index contributed by atoms with van der Waals surface area (Å²) < 4.78 is 5.94. The summed E-state index contributed by atoms with van der Waals surface area (Å²) in [4.78, 5) is 4.45. The average Bonchev–Trinajstić information content (AvgIpc) is 2.68. The van der Waals surface area contributed by atoms with Crippen molar-refractivity contribution in [3.63, 3.8) is 0 Å². The molecule has 6 nitrogen and oxygen atoms in total. The quantitative estimate of drug-likeness (QED) is 0.827. The molecule has 0 unspecified atom stereocenters. The van der Waals surface area contributed by atoms with E-state index >= 15 is 0 Å². The lowest BCUT2D eigenvalue weighted by Gasteiger charge is -2.36. The maximum absolute atomic E-state index is 10.5. The van der Waals surface area contributed by atoms with Gasteiger partial charge in [-0.2, -0.15) is 5.10 Å². The number of likely N-dealkylation sites (N-methyl/N-ethyl adjacent to an activating group) is 1. The molecule has 0 saturated carbocycles. The Hall–Kier alpha value is -2.02. The molecule has 0 spiro atoms.